The number of rotatable bonds is 5. The molecule has 0 bridgehead atoms. The molecule has 0 saturated carbocycles. The highest BCUT2D eigenvalue weighted by molar-refractivity contribution is 7.10. The third-order valence-electron chi connectivity index (χ3n) is 2.88. The third kappa shape index (κ3) is 3.74. The second kappa shape index (κ2) is 6.75. The number of anilines is 2. The van der Waals surface area contributed by atoms with Crippen LogP contribution in [0, 0.1) is 0 Å². The van der Waals surface area contributed by atoms with Crippen LogP contribution in [-0.2, 0) is 0 Å². The van der Waals surface area contributed by atoms with Gasteiger partial charge < -0.3 is 11.1 Å². The van der Waals surface area contributed by atoms with Crippen molar-refractivity contribution < 1.29 is 4.79 Å². The van der Waals surface area contributed by atoms with Crippen molar-refractivity contribution in [3.05, 3.63) is 60.3 Å². The summed E-state index contributed by atoms with van der Waals surface area (Å²) < 4.78 is 3.71. The van der Waals surface area contributed by atoms with Crippen LogP contribution >= 0.6 is 11.5 Å². The van der Waals surface area contributed by atoms with Crippen molar-refractivity contribution in [2.45, 2.75) is 0 Å². The number of carbonyl (C=O) groups is 1. The van der Waals surface area contributed by atoms with Crippen molar-refractivity contribution in [2.24, 2.45) is 16.0 Å². The average Bonchev–Trinajstić information content (AvgIpc) is 3.04. The summed E-state index contributed by atoms with van der Waals surface area (Å²) in [7, 11) is 0. The molecule has 8 heteroatoms. The van der Waals surface area contributed by atoms with Crippen LogP contribution in [0.4, 0.5) is 22.1 Å². The zero-order valence-corrected chi connectivity index (χ0v) is 12.7. The molecule has 1 aromatic heterocycles. The van der Waals surface area contributed by atoms with Gasteiger partial charge in [-0.2, -0.15) is 10.2 Å². The van der Waals surface area contributed by atoms with Crippen LogP contribution in [0.3, 0.4) is 0 Å². The number of azo groups is 1. The Bertz CT molecular complexity index is 829. The molecular weight excluding hydrogens is 312 g/mol. The van der Waals surface area contributed by atoms with E-state index in [9.17, 15) is 4.79 Å². The first-order valence-corrected chi connectivity index (χ1v) is 7.46. The highest BCUT2D eigenvalue weighted by Gasteiger charge is 2.13. The van der Waals surface area contributed by atoms with Gasteiger partial charge in [0.15, 0.2) is 5.69 Å². The number of nitrogens with two attached hydrogens (primary N) is 1. The number of hydrogen-bond donors (Lipinski definition) is 2. The van der Waals surface area contributed by atoms with Crippen LogP contribution < -0.4 is 11.1 Å². The summed E-state index contributed by atoms with van der Waals surface area (Å²) in [5.41, 5.74) is 7.64. The maximum Gasteiger partial charge on any atom is 0.272 e. The topological polar surface area (TPSA) is 106 Å². The van der Waals surface area contributed by atoms with Gasteiger partial charge in [-0.25, -0.2) is 0 Å². The number of aromatic nitrogens is 2. The highest BCUT2D eigenvalue weighted by Crippen LogP contribution is 2.25. The Kier molecular flexibility index (Phi) is 4.34. The number of nitrogens with zero attached hydrogens (tertiary/aromatic N) is 4. The van der Waals surface area contributed by atoms with Crippen molar-refractivity contribution in [2.75, 3.05) is 5.32 Å². The van der Waals surface area contributed by atoms with E-state index in [0.717, 1.165) is 28.6 Å². The molecule has 1 heterocycles. The molecule has 3 N–H and O–H groups in total. The van der Waals surface area contributed by atoms with E-state index in [1.807, 2.05) is 54.6 Å². The van der Waals surface area contributed by atoms with Crippen molar-refractivity contribution in [3.8, 4) is 0 Å². The summed E-state index contributed by atoms with van der Waals surface area (Å²) in [5.74, 6) is -0.616. The molecule has 0 radical (unpaired) electrons. The van der Waals surface area contributed by atoms with Gasteiger partial charge in [-0.05, 0) is 36.4 Å². The number of nitrogens with one attached hydrogen (secondary N) is 1. The molecular formula is C15H12N6OS. The molecule has 0 aliphatic carbocycles. The Morgan fingerprint density at radius 3 is 2.30 bits per heavy atom. The molecule has 114 valence electrons. The van der Waals surface area contributed by atoms with Crippen LogP contribution in [0.15, 0.2) is 64.8 Å². The molecule has 7 nitrogen and oxygen atoms in total. The van der Waals surface area contributed by atoms with Crippen molar-refractivity contribution >= 4 is 39.5 Å². The zero-order chi connectivity index (χ0) is 16.1. The minimum atomic E-state index is -0.616. The molecule has 0 aliphatic rings. The number of amides is 1. The first-order chi connectivity index (χ1) is 11.2. The Balaban J connectivity index is 1.71. The molecule has 3 aromatic rings. The van der Waals surface area contributed by atoms with E-state index in [1.54, 1.807) is 0 Å². The lowest BCUT2D eigenvalue weighted by Crippen LogP contribution is -2.13. The van der Waals surface area contributed by atoms with E-state index in [1.165, 1.54) is 0 Å². The quantitative estimate of drug-likeness (QED) is 0.696. The predicted molar refractivity (Wildman–Crippen MR) is 88.8 cm³/mol. The van der Waals surface area contributed by atoms with Crippen LogP contribution in [0.5, 0.6) is 0 Å². The SMILES string of the molecule is NC(=O)c1nnsc1Nc1ccc(N=Nc2ccccc2)cc1. The number of benzene rings is 2. The summed E-state index contributed by atoms with van der Waals surface area (Å²) in [6, 6.07) is 16.8. The van der Waals surface area contributed by atoms with Crippen LogP contribution in [0.2, 0.25) is 0 Å². The summed E-state index contributed by atoms with van der Waals surface area (Å²) in [4.78, 5) is 11.2. The van der Waals surface area contributed by atoms with Gasteiger partial charge in [-0.3, -0.25) is 4.79 Å². The summed E-state index contributed by atoms with van der Waals surface area (Å²) in [5, 5.41) is 15.6. The molecule has 3 rings (SSSR count). The van der Waals surface area contributed by atoms with Gasteiger partial charge in [-0.15, -0.1) is 5.10 Å². The van der Waals surface area contributed by atoms with E-state index >= 15 is 0 Å². The molecule has 0 spiro atoms. The first-order valence-electron chi connectivity index (χ1n) is 6.68. The normalized spacial score (nSPS) is 10.8. The van der Waals surface area contributed by atoms with Crippen LogP contribution in [-0.4, -0.2) is 15.5 Å². The minimum Gasteiger partial charge on any atom is -0.364 e. The fraction of sp³-hybridized carbons (Fsp3) is 0. The predicted octanol–water partition coefficient (Wildman–Crippen LogP) is 3.80. The van der Waals surface area contributed by atoms with Crippen LogP contribution in [0.1, 0.15) is 10.5 Å². The second-order valence-electron chi connectivity index (χ2n) is 4.52. The molecule has 0 aliphatic heterocycles. The lowest BCUT2D eigenvalue weighted by atomic mass is 10.3. The van der Waals surface area contributed by atoms with Crippen molar-refractivity contribution in [1.82, 2.24) is 9.59 Å². The maximum absolute atomic E-state index is 11.2. The van der Waals surface area contributed by atoms with Gasteiger partial charge in [0, 0.05) is 17.2 Å². The second-order valence-corrected chi connectivity index (χ2v) is 5.28. The zero-order valence-electron chi connectivity index (χ0n) is 11.9. The molecule has 2 aromatic carbocycles. The van der Waals surface area contributed by atoms with E-state index < -0.39 is 5.91 Å². The smallest absolute Gasteiger partial charge is 0.272 e. The van der Waals surface area contributed by atoms with Crippen molar-refractivity contribution in [3.63, 3.8) is 0 Å². The Morgan fingerprint density at radius 1 is 1.00 bits per heavy atom. The summed E-state index contributed by atoms with van der Waals surface area (Å²) >= 11 is 1.07. The highest BCUT2D eigenvalue weighted by atomic mass is 32.1. The Hall–Kier alpha value is -3.13. The van der Waals surface area contributed by atoms with Gasteiger partial charge >= 0.3 is 0 Å². The largest absolute Gasteiger partial charge is 0.364 e. The van der Waals surface area contributed by atoms with Crippen LogP contribution in [0.25, 0.3) is 0 Å². The maximum atomic E-state index is 11.2. The van der Waals surface area contributed by atoms with Gasteiger partial charge in [0.05, 0.1) is 11.4 Å². The first kappa shape index (κ1) is 14.8. The minimum absolute atomic E-state index is 0.128. The molecule has 23 heavy (non-hydrogen) atoms. The van der Waals surface area contributed by atoms with E-state index in [4.69, 9.17) is 5.73 Å². The van der Waals surface area contributed by atoms with Gasteiger partial charge in [0.25, 0.3) is 5.91 Å². The van der Waals surface area contributed by atoms with Gasteiger partial charge in [0.2, 0.25) is 0 Å². The summed E-state index contributed by atoms with van der Waals surface area (Å²) in [6.07, 6.45) is 0. The fourth-order valence-corrected chi connectivity index (χ4v) is 2.38. The third-order valence-corrected chi connectivity index (χ3v) is 3.52. The van der Waals surface area contributed by atoms with E-state index in [-0.39, 0.29) is 5.69 Å². The number of hydrogen-bond acceptors (Lipinski definition) is 7. The molecule has 1 amide bonds. The van der Waals surface area contributed by atoms with E-state index in [2.05, 4.69) is 25.1 Å². The summed E-state index contributed by atoms with van der Waals surface area (Å²) in [6.45, 7) is 0. The Morgan fingerprint density at radius 2 is 1.65 bits per heavy atom. The standard InChI is InChI=1S/C15H12N6OS/c16-14(22)13-15(23-21-20-13)17-10-6-8-12(9-7-10)19-18-11-4-2-1-3-5-11/h1-9,17H,(H2,16,22). The number of primary amides is 1. The molecule has 0 fully saturated rings. The van der Waals surface area contributed by atoms with Crippen molar-refractivity contribution in [1.29, 1.82) is 0 Å². The van der Waals surface area contributed by atoms with Gasteiger partial charge in [-0.1, -0.05) is 22.7 Å². The number of carbonyl (C=O) groups excluding carboxylic acids is 1. The lowest BCUT2D eigenvalue weighted by molar-refractivity contribution is 0.0996. The molecule has 0 unspecified atom stereocenters. The molecule has 0 atom stereocenters. The lowest BCUT2D eigenvalue weighted by Gasteiger charge is -2.03. The molecule has 0 saturated heterocycles. The monoisotopic (exact) mass is 324 g/mol. The average molecular weight is 324 g/mol. The van der Waals surface area contributed by atoms with Gasteiger partial charge in [0.1, 0.15) is 5.00 Å². The fourth-order valence-electron chi connectivity index (χ4n) is 1.79. The van der Waals surface area contributed by atoms with E-state index in [0.29, 0.717) is 5.00 Å². The Labute approximate surface area is 136 Å².